The Kier molecular flexibility index (Phi) is 2.80. The number of rotatable bonds is 1. The van der Waals surface area contributed by atoms with Crippen molar-refractivity contribution in [3.8, 4) is 5.69 Å². The number of aromatic amines is 1. The van der Waals surface area contributed by atoms with Gasteiger partial charge in [0.15, 0.2) is 4.77 Å². The van der Waals surface area contributed by atoms with E-state index in [1.165, 1.54) is 5.56 Å². The number of nitrogens with one attached hydrogen (secondary N) is 1. The normalized spacial score (nSPS) is 10.6. The number of hydrogen-bond acceptors (Lipinski definition) is 1. The number of nitrogens with zero attached hydrogens (tertiary/aromatic N) is 1. The van der Waals surface area contributed by atoms with E-state index in [2.05, 4.69) is 46.0 Å². The third-order valence-corrected chi connectivity index (χ3v) is 3.00. The first-order valence-electron chi connectivity index (χ1n) is 4.62. The third-order valence-electron chi connectivity index (χ3n) is 2.25. The van der Waals surface area contributed by atoms with Gasteiger partial charge in [0.1, 0.15) is 0 Å². The van der Waals surface area contributed by atoms with E-state index in [-0.39, 0.29) is 0 Å². The summed E-state index contributed by atoms with van der Waals surface area (Å²) in [6.07, 6.45) is 1.92. The third kappa shape index (κ3) is 2.06. The van der Waals surface area contributed by atoms with Crippen LogP contribution in [-0.4, -0.2) is 9.55 Å². The van der Waals surface area contributed by atoms with Crippen LogP contribution in [0.4, 0.5) is 0 Å². The first-order chi connectivity index (χ1) is 7.08. The standard InChI is InChI=1S/C11H11BrN2S/c1-7-3-9(12)5-10(4-7)14-8(2)6-13-11(14)15/h3-6H,1-2H3,(H,13,15). The second-order valence-corrected chi connectivity index (χ2v) is 4.86. The molecule has 0 amide bonds. The van der Waals surface area contributed by atoms with Crippen molar-refractivity contribution in [3.05, 3.63) is 44.9 Å². The molecule has 1 N–H and O–H groups in total. The van der Waals surface area contributed by atoms with Crippen LogP contribution in [-0.2, 0) is 0 Å². The van der Waals surface area contributed by atoms with E-state index in [1.54, 1.807) is 0 Å². The highest BCUT2D eigenvalue weighted by molar-refractivity contribution is 9.10. The van der Waals surface area contributed by atoms with Crippen LogP contribution in [0, 0.1) is 18.6 Å². The molecule has 0 unspecified atom stereocenters. The first-order valence-corrected chi connectivity index (χ1v) is 5.82. The summed E-state index contributed by atoms with van der Waals surface area (Å²) in [7, 11) is 0. The Labute approximate surface area is 102 Å². The van der Waals surface area contributed by atoms with Gasteiger partial charge >= 0.3 is 0 Å². The molecule has 0 fully saturated rings. The van der Waals surface area contributed by atoms with Crippen molar-refractivity contribution in [1.29, 1.82) is 0 Å². The van der Waals surface area contributed by atoms with Crippen molar-refractivity contribution >= 4 is 28.1 Å². The van der Waals surface area contributed by atoms with Crippen molar-refractivity contribution in [2.45, 2.75) is 13.8 Å². The SMILES string of the molecule is Cc1cc(Br)cc(-n2c(C)c[nH]c2=S)c1. The van der Waals surface area contributed by atoms with E-state index in [4.69, 9.17) is 12.2 Å². The number of H-pyrrole nitrogens is 1. The van der Waals surface area contributed by atoms with Crippen molar-refractivity contribution in [3.63, 3.8) is 0 Å². The quantitative estimate of drug-likeness (QED) is 0.787. The van der Waals surface area contributed by atoms with Crippen LogP contribution >= 0.6 is 28.1 Å². The molecule has 0 saturated heterocycles. The summed E-state index contributed by atoms with van der Waals surface area (Å²) in [5, 5.41) is 0. The van der Waals surface area contributed by atoms with Crippen LogP contribution < -0.4 is 0 Å². The summed E-state index contributed by atoms with van der Waals surface area (Å²) in [5.74, 6) is 0. The molecule has 0 bridgehead atoms. The zero-order valence-electron chi connectivity index (χ0n) is 8.54. The van der Waals surface area contributed by atoms with Gasteiger partial charge in [0.25, 0.3) is 0 Å². The molecule has 78 valence electrons. The molecule has 0 radical (unpaired) electrons. The highest BCUT2D eigenvalue weighted by Crippen LogP contribution is 2.20. The van der Waals surface area contributed by atoms with E-state index in [0.717, 1.165) is 20.6 Å². The van der Waals surface area contributed by atoms with Gasteiger partial charge in [-0.1, -0.05) is 15.9 Å². The number of hydrogen-bond donors (Lipinski definition) is 1. The molecule has 2 nitrogen and oxygen atoms in total. The molecule has 2 rings (SSSR count). The molecule has 1 aromatic carbocycles. The average Bonchev–Trinajstić information content (AvgIpc) is 2.44. The Hall–Kier alpha value is -0.870. The lowest BCUT2D eigenvalue weighted by molar-refractivity contribution is 0.981. The zero-order valence-corrected chi connectivity index (χ0v) is 10.9. The average molecular weight is 283 g/mol. The molecule has 0 aliphatic rings. The monoisotopic (exact) mass is 282 g/mol. The Bertz CT molecular complexity index is 534. The topological polar surface area (TPSA) is 20.7 Å². The molecule has 0 spiro atoms. The fraction of sp³-hybridized carbons (Fsp3) is 0.182. The van der Waals surface area contributed by atoms with Crippen molar-refractivity contribution in [2.75, 3.05) is 0 Å². The van der Waals surface area contributed by atoms with E-state index in [9.17, 15) is 0 Å². The van der Waals surface area contributed by atoms with Crippen LogP contribution in [0.25, 0.3) is 5.69 Å². The van der Waals surface area contributed by atoms with Gasteiger partial charge in [0, 0.05) is 22.1 Å². The van der Waals surface area contributed by atoms with Gasteiger partial charge in [-0.05, 0) is 49.8 Å². The lowest BCUT2D eigenvalue weighted by Crippen LogP contribution is -1.96. The van der Waals surface area contributed by atoms with Crippen LogP contribution in [0.5, 0.6) is 0 Å². The smallest absolute Gasteiger partial charge is 0.182 e. The second kappa shape index (κ2) is 3.94. The molecule has 0 saturated carbocycles. The highest BCUT2D eigenvalue weighted by atomic mass is 79.9. The molecule has 0 atom stereocenters. The minimum atomic E-state index is 0.727. The second-order valence-electron chi connectivity index (χ2n) is 3.56. The minimum absolute atomic E-state index is 0.727. The van der Waals surface area contributed by atoms with E-state index >= 15 is 0 Å². The van der Waals surface area contributed by atoms with Crippen LogP contribution in [0.3, 0.4) is 0 Å². The summed E-state index contributed by atoms with van der Waals surface area (Å²) in [6.45, 7) is 4.10. The molecular weight excluding hydrogens is 272 g/mol. The van der Waals surface area contributed by atoms with E-state index < -0.39 is 0 Å². The summed E-state index contributed by atoms with van der Waals surface area (Å²) >= 11 is 8.72. The maximum Gasteiger partial charge on any atom is 0.182 e. The van der Waals surface area contributed by atoms with Gasteiger partial charge in [-0.3, -0.25) is 4.57 Å². The fourth-order valence-corrected chi connectivity index (χ4v) is 2.53. The number of aromatic nitrogens is 2. The van der Waals surface area contributed by atoms with E-state index in [0.29, 0.717) is 0 Å². The maximum absolute atomic E-state index is 5.23. The fourth-order valence-electron chi connectivity index (χ4n) is 1.62. The molecular formula is C11H11BrN2S. The predicted octanol–water partition coefficient (Wildman–Crippen LogP) is 3.91. The Morgan fingerprint density at radius 1 is 1.27 bits per heavy atom. The van der Waals surface area contributed by atoms with Crippen molar-refractivity contribution in [2.24, 2.45) is 0 Å². The molecule has 1 heterocycles. The van der Waals surface area contributed by atoms with Gasteiger partial charge < -0.3 is 4.98 Å². The molecule has 1 aromatic heterocycles. The van der Waals surface area contributed by atoms with Gasteiger partial charge in [0.2, 0.25) is 0 Å². The molecule has 15 heavy (non-hydrogen) atoms. The summed E-state index contributed by atoms with van der Waals surface area (Å²) in [5.41, 5.74) is 3.41. The lowest BCUT2D eigenvalue weighted by Gasteiger charge is -2.07. The van der Waals surface area contributed by atoms with Crippen molar-refractivity contribution in [1.82, 2.24) is 9.55 Å². The van der Waals surface area contributed by atoms with Crippen LogP contribution in [0.1, 0.15) is 11.3 Å². The Balaban J connectivity index is 2.69. The lowest BCUT2D eigenvalue weighted by atomic mass is 10.2. The van der Waals surface area contributed by atoms with Gasteiger partial charge in [-0.25, -0.2) is 0 Å². The number of aryl methyl sites for hydroxylation is 2. The number of halogens is 1. The minimum Gasteiger partial charge on any atom is -0.337 e. The van der Waals surface area contributed by atoms with Gasteiger partial charge in [0.05, 0.1) is 0 Å². The Morgan fingerprint density at radius 2 is 2.00 bits per heavy atom. The summed E-state index contributed by atoms with van der Waals surface area (Å²) < 4.78 is 3.82. The Morgan fingerprint density at radius 3 is 2.53 bits per heavy atom. The van der Waals surface area contributed by atoms with Crippen LogP contribution in [0.2, 0.25) is 0 Å². The van der Waals surface area contributed by atoms with E-state index in [1.807, 2.05) is 17.7 Å². The number of imidazole rings is 1. The molecule has 0 aliphatic carbocycles. The summed E-state index contributed by atoms with van der Waals surface area (Å²) in [4.78, 5) is 3.04. The highest BCUT2D eigenvalue weighted by Gasteiger charge is 2.03. The predicted molar refractivity (Wildman–Crippen MR) is 68.1 cm³/mol. The molecule has 2 aromatic rings. The largest absolute Gasteiger partial charge is 0.337 e. The molecule has 4 heteroatoms. The first kappa shape index (κ1) is 10.6. The summed E-state index contributed by atoms with van der Waals surface area (Å²) in [6, 6.07) is 6.25. The maximum atomic E-state index is 5.23. The van der Waals surface area contributed by atoms with Crippen molar-refractivity contribution < 1.29 is 0 Å². The van der Waals surface area contributed by atoms with Gasteiger partial charge in [-0.15, -0.1) is 0 Å². The van der Waals surface area contributed by atoms with Gasteiger partial charge in [-0.2, -0.15) is 0 Å². The molecule has 0 aliphatic heterocycles. The number of benzene rings is 1. The zero-order chi connectivity index (χ0) is 11.0. The van der Waals surface area contributed by atoms with Crippen LogP contribution in [0.15, 0.2) is 28.9 Å².